The molecule has 0 saturated heterocycles. The number of amides is 1. The zero-order chi connectivity index (χ0) is 10.4. The molecule has 1 aliphatic carbocycles. The Morgan fingerprint density at radius 3 is 2.64 bits per heavy atom. The highest BCUT2D eigenvalue weighted by atomic mass is 32.2. The van der Waals surface area contributed by atoms with Gasteiger partial charge in [0.1, 0.15) is 0 Å². The van der Waals surface area contributed by atoms with Gasteiger partial charge in [-0.05, 0) is 19.1 Å². The van der Waals surface area contributed by atoms with Crippen LogP contribution in [0.2, 0.25) is 0 Å². The minimum atomic E-state index is 0.115. The lowest BCUT2D eigenvalue weighted by atomic mass is 9.84. The first kappa shape index (κ1) is 11.9. The van der Waals surface area contributed by atoms with Crippen molar-refractivity contribution < 1.29 is 4.79 Å². The third-order valence-corrected chi connectivity index (χ3v) is 4.37. The number of carbonyl (C=O) groups excluding carboxylic acids is 1. The number of carbonyl (C=O) groups is 1. The van der Waals surface area contributed by atoms with Gasteiger partial charge in [-0.15, -0.1) is 0 Å². The number of rotatable bonds is 6. The molecule has 1 amide bonds. The van der Waals surface area contributed by atoms with E-state index in [-0.39, 0.29) is 5.91 Å². The average molecular weight is 216 g/mol. The summed E-state index contributed by atoms with van der Waals surface area (Å²) in [7, 11) is 1.68. The summed E-state index contributed by atoms with van der Waals surface area (Å²) in [6, 6.07) is 0. The van der Waals surface area contributed by atoms with E-state index >= 15 is 0 Å². The SMILES string of the molecule is CNC(=O)CCNCC1(SC)CCC1. The van der Waals surface area contributed by atoms with E-state index in [2.05, 4.69) is 16.9 Å². The maximum atomic E-state index is 10.9. The van der Waals surface area contributed by atoms with Crippen molar-refractivity contribution in [1.82, 2.24) is 10.6 Å². The zero-order valence-electron chi connectivity index (χ0n) is 9.06. The summed E-state index contributed by atoms with van der Waals surface area (Å²) in [5, 5.41) is 5.98. The van der Waals surface area contributed by atoms with Gasteiger partial charge < -0.3 is 10.6 Å². The summed E-state index contributed by atoms with van der Waals surface area (Å²) in [6.45, 7) is 1.84. The van der Waals surface area contributed by atoms with Crippen LogP contribution < -0.4 is 10.6 Å². The van der Waals surface area contributed by atoms with Crippen molar-refractivity contribution in [2.24, 2.45) is 0 Å². The van der Waals surface area contributed by atoms with Crippen LogP contribution in [0.3, 0.4) is 0 Å². The molecule has 1 fully saturated rings. The highest BCUT2D eigenvalue weighted by Crippen LogP contribution is 2.41. The third kappa shape index (κ3) is 3.17. The van der Waals surface area contributed by atoms with Gasteiger partial charge in [-0.25, -0.2) is 0 Å². The van der Waals surface area contributed by atoms with E-state index in [1.807, 2.05) is 11.8 Å². The fourth-order valence-electron chi connectivity index (χ4n) is 1.67. The lowest BCUT2D eigenvalue weighted by molar-refractivity contribution is -0.120. The smallest absolute Gasteiger partial charge is 0.221 e. The van der Waals surface area contributed by atoms with Gasteiger partial charge >= 0.3 is 0 Å². The quantitative estimate of drug-likeness (QED) is 0.651. The molecule has 1 aliphatic rings. The van der Waals surface area contributed by atoms with E-state index in [1.54, 1.807) is 7.05 Å². The molecule has 3 nitrogen and oxygen atoms in total. The molecule has 0 spiro atoms. The first-order chi connectivity index (χ1) is 6.72. The van der Waals surface area contributed by atoms with Crippen LogP contribution in [0, 0.1) is 0 Å². The van der Waals surface area contributed by atoms with E-state index in [1.165, 1.54) is 19.3 Å². The van der Waals surface area contributed by atoms with Crippen LogP contribution >= 0.6 is 11.8 Å². The fourth-order valence-corrected chi connectivity index (χ4v) is 2.61. The van der Waals surface area contributed by atoms with Crippen LogP contribution in [-0.4, -0.2) is 37.0 Å². The molecule has 2 N–H and O–H groups in total. The summed E-state index contributed by atoms with van der Waals surface area (Å²) in [6.07, 6.45) is 6.76. The Hall–Kier alpha value is -0.220. The second-order valence-electron chi connectivity index (χ2n) is 3.84. The largest absolute Gasteiger partial charge is 0.359 e. The van der Waals surface area contributed by atoms with Crippen LogP contribution in [0.25, 0.3) is 0 Å². The van der Waals surface area contributed by atoms with Crippen LogP contribution in [0.15, 0.2) is 0 Å². The molecule has 0 heterocycles. The molecule has 0 atom stereocenters. The third-order valence-electron chi connectivity index (χ3n) is 2.95. The maximum absolute atomic E-state index is 10.9. The number of hydrogen-bond donors (Lipinski definition) is 2. The normalized spacial score (nSPS) is 18.7. The summed E-state index contributed by atoms with van der Waals surface area (Å²) < 4.78 is 0.475. The van der Waals surface area contributed by atoms with Gasteiger partial charge in [0.2, 0.25) is 5.91 Å². The molecule has 1 rings (SSSR count). The molecule has 1 saturated carbocycles. The molecule has 14 heavy (non-hydrogen) atoms. The average Bonchev–Trinajstić information content (AvgIpc) is 2.15. The first-order valence-corrected chi connectivity index (χ1v) is 6.41. The molecule has 0 bridgehead atoms. The summed E-state index contributed by atoms with van der Waals surface area (Å²) in [5.41, 5.74) is 0. The minimum Gasteiger partial charge on any atom is -0.359 e. The predicted octanol–water partition coefficient (Wildman–Crippen LogP) is 0.998. The zero-order valence-corrected chi connectivity index (χ0v) is 9.88. The van der Waals surface area contributed by atoms with Crippen molar-refractivity contribution in [2.75, 3.05) is 26.4 Å². The topological polar surface area (TPSA) is 41.1 Å². The van der Waals surface area contributed by atoms with Gasteiger partial charge in [0.25, 0.3) is 0 Å². The van der Waals surface area contributed by atoms with E-state index in [9.17, 15) is 4.79 Å². The Morgan fingerprint density at radius 1 is 1.50 bits per heavy atom. The lowest BCUT2D eigenvalue weighted by Gasteiger charge is -2.40. The summed E-state index contributed by atoms with van der Waals surface area (Å²) in [5.74, 6) is 0.115. The Bertz CT molecular complexity index is 187. The van der Waals surface area contributed by atoms with E-state index in [0.29, 0.717) is 11.2 Å². The molecule has 0 aliphatic heterocycles. The predicted molar refractivity (Wildman–Crippen MR) is 61.7 cm³/mol. The van der Waals surface area contributed by atoms with Gasteiger partial charge in [0, 0.05) is 31.3 Å². The number of thioether (sulfide) groups is 1. The molecule has 0 aromatic rings. The second-order valence-corrected chi connectivity index (χ2v) is 5.11. The standard InChI is InChI=1S/C10H20N2OS/c1-11-9(13)4-7-12-8-10(14-2)5-3-6-10/h12H,3-8H2,1-2H3,(H,11,13). The molecule has 0 aromatic heterocycles. The number of hydrogen-bond acceptors (Lipinski definition) is 3. The van der Waals surface area contributed by atoms with E-state index in [4.69, 9.17) is 0 Å². The first-order valence-electron chi connectivity index (χ1n) is 5.19. The maximum Gasteiger partial charge on any atom is 0.221 e. The van der Waals surface area contributed by atoms with Gasteiger partial charge in [-0.3, -0.25) is 4.79 Å². The second kappa shape index (κ2) is 5.61. The highest BCUT2D eigenvalue weighted by molar-refractivity contribution is 8.00. The Labute approximate surface area is 90.4 Å². The van der Waals surface area contributed by atoms with Crippen molar-refractivity contribution in [2.45, 2.75) is 30.4 Å². The Balaban J connectivity index is 2.05. The monoisotopic (exact) mass is 216 g/mol. The molecular weight excluding hydrogens is 196 g/mol. The fraction of sp³-hybridized carbons (Fsp3) is 0.900. The summed E-state index contributed by atoms with van der Waals surface area (Å²) in [4.78, 5) is 10.9. The Morgan fingerprint density at radius 2 is 2.21 bits per heavy atom. The number of nitrogens with one attached hydrogen (secondary N) is 2. The van der Waals surface area contributed by atoms with Crippen molar-refractivity contribution in [3.8, 4) is 0 Å². The lowest BCUT2D eigenvalue weighted by Crippen LogP contribution is -2.44. The van der Waals surface area contributed by atoms with Crippen molar-refractivity contribution >= 4 is 17.7 Å². The van der Waals surface area contributed by atoms with Crippen molar-refractivity contribution in [1.29, 1.82) is 0 Å². The van der Waals surface area contributed by atoms with Gasteiger partial charge in [-0.1, -0.05) is 6.42 Å². The van der Waals surface area contributed by atoms with Crippen molar-refractivity contribution in [3.63, 3.8) is 0 Å². The molecule has 4 heteroatoms. The molecule has 0 aromatic carbocycles. The van der Waals surface area contributed by atoms with Crippen LogP contribution in [0.1, 0.15) is 25.7 Å². The molecule has 0 unspecified atom stereocenters. The van der Waals surface area contributed by atoms with Crippen LogP contribution in [0.4, 0.5) is 0 Å². The van der Waals surface area contributed by atoms with Crippen LogP contribution in [-0.2, 0) is 4.79 Å². The van der Waals surface area contributed by atoms with Crippen molar-refractivity contribution in [3.05, 3.63) is 0 Å². The molecular formula is C10H20N2OS. The molecule has 82 valence electrons. The van der Waals surface area contributed by atoms with Gasteiger partial charge in [-0.2, -0.15) is 11.8 Å². The Kier molecular flexibility index (Phi) is 4.75. The van der Waals surface area contributed by atoms with E-state index < -0.39 is 0 Å². The summed E-state index contributed by atoms with van der Waals surface area (Å²) >= 11 is 1.96. The van der Waals surface area contributed by atoms with E-state index in [0.717, 1.165) is 13.1 Å². The van der Waals surface area contributed by atoms with Gasteiger partial charge in [0.15, 0.2) is 0 Å². The van der Waals surface area contributed by atoms with Gasteiger partial charge in [0.05, 0.1) is 0 Å². The molecule has 0 radical (unpaired) electrons. The minimum absolute atomic E-state index is 0.115. The van der Waals surface area contributed by atoms with Crippen LogP contribution in [0.5, 0.6) is 0 Å². The highest BCUT2D eigenvalue weighted by Gasteiger charge is 2.35.